The molecule has 1 unspecified atom stereocenters. The van der Waals surface area contributed by atoms with Gasteiger partial charge in [-0.15, -0.1) is 0 Å². The maximum atomic E-state index is 3.62. The van der Waals surface area contributed by atoms with Crippen molar-refractivity contribution in [2.75, 3.05) is 45.7 Å². The summed E-state index contributed by atoms with van der Waals surface area (Å²) in [6, 6.07) is 6.96. The minimum Gasteiger partial charge on any atom is -0.370 e. The first-order chi connectivity index (χ1) is 9.85. The van der Waals surface area contributed by atoms with Crippen molar-refractivity contribution in [1.29, 1.82) is 0 Å². The number of likely N-dealkylation sites (N-methyl/N-ethyl adjacent to an activating group) is 1. The molecule has 0 heterocycles. The first-order valence-electron chi connectivity index (χ1n) is 7.71. The molecule has 0 aliphatic rings. The average Bonchev–Trinajstić information content (AvgIpc) is 2.42. The van der Waals surface area contributed by atoms with Crippen molar-refractivity contribution < 1.29 is 0 Å². The highest BCUT2D eigenvalue weighted by Crippen LogP contribution is 2.30. The normalized spacial score (nSPS) is 13.0. The van der Waals surface area contributed by atoms with Gasteiger partial charge < -0.3 is 15.1 Å². The van der Waals surface area contributed by atoms with Crippen LogP contribution in [0.25, 0.3) is 0 Å². The Hall–Kier alpha value is -0.580. The van der Waals surface area contributed by atoms with Crippen LogP contribution >= 0.6 is 15.9 Å². The Kier molecular flexibility index (Phi) is 7.71. The Labute approximate surface area is 138 Å². The van der Waals surface area contributed by atoms with Crippen LogP contribution in [0.1, 0.15) is 32.4 Å². The van der Waals surface area contributed by atoms with Gasteiger partial charge in [0.2, 0.25) is 0 Å². The minimum absolute atomic E-state index is 0.349. The van der Waals surface area contributed by atoms with Crippen molar-refractivity contribution in [3.05, 3.63) is 28.2 Å². The maximum Gasteiger partial charge on any atom is 0.0426 e. The topological polar surface area (TPSA) is 18.5 Å². The second-order valence-corrected chi connectivity index (χ2v) is 7.27. The minimum atomic E-state index is 0.349. The molecule has 4 heteroatoms. The average molecular weight is 356 g/mol. The van der Waals surface area contributed by atoms with E-state index in [0.717, 1.165) is 24.1 Å². The number of hydrogen-bond acceptors (Lipinski definition) is 3. The maximum absolute atomic E-state index is 3.62. The summed E-state index contributed by atoms with van der Waals surface area (Å²) in [7, 11) is 6.28. The molecule has 1 aromatic rings. The van der Waals surface area contributed by atoms with Crippen LogP contribution in [0.4, 0.5) is 5.69 Å². The van der Waals surface area contributed by atoms with Gasteiger partial charge in [0.05, 0.1) is 0 Å². The van der Waals surface area contributed by atoms with Gasteiger partial charge in [0.15, 0.2) is 0 Å². The number of nitrogens with zero attached hydrogens (tertiary/aromatic N) is 2. The third-order valence-electron chi connectivity index (χ3n) is 3.64. The van der Waals surface area contributed by atoms with E-state index in [1.807, 2.05) is 7.05 Å². The van der Waals surface area contributed by atoms with Gasteiger partial charge in [0.1, 0.15) is 0 Å². The van der Waals surface area contributed by atoms with Crippen LogP contribution in [0.2, 0.25) is 0 Å². The Morgan fingerprint density at radius 3 is 2.33 bits per heavy atom. The highest BCUT2D eigenvalue weighted by Gasteiger charge is 2.16. The lowest BCUT2D eigenvalue weighted by atomic mass is 10.0. The van der Waals surface area contributed by atoms with E-state index in [2.05, 4.69) is 84.1 Å². The van der Waals surface area contributed by atoms with Crippen LogP contribution in [0.5, 0.6) is 0 Å². The van der Waals surface area contributed by atoms with Gasteiger partial charge >= 0.3 is 0 Å². The Morgan fingerprint density at radius 2 is 1.81 bits per heavy atom. The fourth-order valence-corrected chi connectivity index (χ4v) is 2.73. The molecular weight excluding hydrogens is 326 g/mol. The summed E-state index contributed by atoms with van der Waals surface area (Å²) in [6.45, 7) is 9.96. The van der Waals surface area contributed by atoms with E-state index in [1.165, 1.54) is 11.3 Å². The molecule has 1 rings (SSSR count). The molecule has 1 aromatic carbocycles. The molecule has 0 bridgehead atoms. The van der Waals surface area contributed by atoms with Crippen molar-refractivity contribution >= 4 is 21.6 Å². The quantitative estimate of drug-likeness (QED) is 0.765. The lowest BCUT2D eigenvalue weighted by molar-refractivity contribution is 0.408. The van der Waals surface area contributed by atoms with Crippen LogP contribution in [0, 0.1) is 5.92 Å². The van der Waals surface area contributed by atoms with Crippen molar-refractivity contribution in [2.45, 2.75) is 26.8 Å². The fraction of sp³-hybridized carbons (Fsp3) is 0.647. The number of nitrogens with one attached hydrogen (secondary N) is 1. The van der Waals surface area contributed by atoms with Crippen LogP contribution < -0.4 is 10.2 Å². The second kappa shape index (κ2) is 8.76. The van der Waals surface area contributed by atoms with Gasteiger partial charge in [-0.3, -0.25) is 0 Å². The largest absolute Gasteiger partial charge is 0.370 e. The van der Waals surface area contributed by atoms with E-state index in [9.17, 15) is 0 Å². The Bertz CT molecular complexity index is 432. The number of benzene rings is 1. The smallest absolute Gasteiger partial charge is 0.0426 e. The summed E-state index contributed by atoms with van der Waals surface area (Å²) in [4.78, 5) is 4.76. The highest BCUT2D eigenvalue weighted by atomic mass is 79.9. The summed E-state index contributed by atoms with van der Waals surface area (Å²) in [5.41, 5.74) is 2.70. The van der Waals surface area contributed by atoms with Crippen LogP contribution in [-0.4, -0.2) is 45.7 Å². The van der Waals surface area contributed by atoms with Crippen LogP contribution in [0.15, 0.2) is 22.7 Å². The van der Waals surface area contributed by atoms with Gasteiger partial charge in [-0.05, 0) is 51.7 Å². The van der Waals surface area contributed by atoms with Crippen molar-refractivity contribution in [3.63, 3.8) is 0 Å². The molecule has 0 spiro atoms. The molecule has 1 N–H and O–H groups in total. The molecule has 0 amide bonds. The summed E-state index contributed by atoms with van der Waals surface area (Å²) in [5, 5.41) is 3.36. The van der Waals surface area contributed by atoms with Crippen LogP contribution in [0.3, 0.4) is 0 Å². The number of hydrogen-bond donors (Lipinski definition) is 1. The van der Waals surface area contributed by atoms with E-state index in [0.29, 0.717) is 12.0 Å². The first-order valence-corrected chi connectivity index (χ1v) is 8.50. The number of anilines is 1. The molecule has 0 saturated heterocycles. The predicted molar refractivity (Wildman–Crippen MR) is 97.2 cm³/mol. The Morgan fingerprint density at radius 1 is 1.14 bits per heavy atom. The van der Waals surface area contributed by atoms with Gasteiger partial charge in [-0.2, -0.15) is 0 Å². The molecule has 3 nitrogen and oxygen atoms in total. The highest BCUT2D eigenvalue weighted by molar-refractivity contribution is 9.10. The van der Waals surface area contributed by atoms with Crippen LogP contribution in [-0.2, 0) is 0 Å². The van der Waals surface area contributed by atoms with Gasteiger partial charge in [0.25, 0.3) is 0 Å². The van der Waals surface area contributed by atoms with E-state index >= 15 is 0 Å². The molecule has 0 fully saturated rings. The third-order valence-corrected chi connectivity index (χ3v) is 4.13. The second-order valence-electron chi connectivity index (χ2n) is 6.36. The SMILES string of the molecule is CNC(C)c1ccc(Br)cc1N(CCN(C)C)CC(C)C. The monoisotopic (exact) mass is 355 g/mol. The first kappa shape index (κ1) is 18.5. The van der Waals surface area contributed by atoms with Gasteiger partial charge in [-0.1, -0.05) is 35.8 Å². The molecule has 0 aromatic heterocycles. The Balaban J connectivity index is 3.11. The number of rotatable bonds is 8. The van der Waals surface area contributed by atoms with E-state index in [4.69, 9.17) is 0 Å². The zero-order chi connectivity index (χ0) is 16.0. The third kappa shape index (κ3) is 5.97. The van der Waals surface area contributed by atoms with E-state index in [1.54, 1.807) is 0 Å². The van der Waals surface area contributed by atoms with E-state index in [-0.39, 0.29) is 0 Å². The molecule has 0 aliphatic carbocycles. The lowest BCUT2D eigenvalue weighted by Gasteiger charge is -2.31. The van der Waals surface area contributed by atoms with Crippen molar-refractivity contribution in [3.8, 4) is 0 Å². The fourth-order valence-electron chi connectivity index (χ4n) is 2.38. The molecule has 120 valence electrons. The van der Waals surface area contributed by atoms with Crippen molar-refractivity contribution in [2.24, 2.45) is 5.92 Å². The summed E-state index contributed by atoms with van der Waals surface area (Å²) in [5.74, 6) is 0.642. The number of halogens is 1. The standard InChI is InChI=1S/C17H30BrN3/c1-13(2)12-21(10-9-20(5)6)17-11-15(18)7-8-16(17)14(3)19-4/h7-8,11,13-14,19H,9-10,12H2,1-6H3. The molecule has 0 saturated carbocycles. The molecule has 0 aliphatic heterocycles. The molecular formula is C17H30BrN3. The summed E-state index contributed by atoms with van der Waals surface area (Å²) >= 11 is 3.62. The van der Waals surface area contributed by atoms with E-state index < -0.39 is 0 Å². The zero-order valence-electron chi connectivity index (χ0n) is 14.3. The van der Waals surface area contributed by atoms with Gasteiger partial charge in [0, 0.05) is 35.8 Å². The van der Waals surface area contributed by atoms with Crippen molar-refractivity contribution in [1.82, 2.24) is 10.2 Å². The van der Waals surface area contributed by atoms with Gasteiger partial charge in [-0.25, -0.2) is 0 Å². The summed E-state index contributed by atoms with van der Waals surface area (Å²) in [6.07, 6.45) is 0. The molecule has 21 heavy (non-hydrogen) atoms. The predicted octanol–water partition coefficient (Wildman–Crippen LogP) is 3.75. The molecule has 1 atom stereocenters. The summed E-state index contributed by atoms with van der Waals surface area (Å²) < 4.78 is 1.14. The lowest BCUT2D eigenvalue weighted by Crippen LogP contribution is -2.35. The zero-order valence-corrected chi connectivity index (χ0v) is 15.9. The molecule has 0 radical (unpaired) electrons.